The zero-order valence-electron chi connectivity index (χ0n) is 15.3. The maximum absolute atomic E-state index is 11.9. The predicted molar refractivity (Wildman–Crippen MR) is 96.4 cm³/mol. The standard InChI is InChI=1S/C18H28BNO4/c1-6-17(7-2)18(8-3,9-4)24-19(23-17)13-10-11-15(20)14(12-13)16(21)22-5/h10-12H,6-9,20H2,1-5H3. The molecular formula is C18H28BNO4. The van der Waals surface area contributed by atoms with Crippen LogP contribution >= 0.6 is 0 Å². The first-order chi connectivity index (χ1) is 11.4. The summed E-state index contributed by atoms with van der Waals surface area (Å²) in [5.41, 5.74) is 6.76. The number of rotatable bonds is 6. The predicted octanol–water partition coefficient (Wildman–Crippen LogP) is 2.92. The summed E-state index contributed by atoms with van der Waals surface area (Å²) in [4.78, 5) is 11.9. The van der Waals surface area contributed by atoms with E-state index in [1.54, 1.807) is 12.1 Å². The molecule has 0 spiro atoms. The number of ether oxygens (including phenoxy) is 1. The summed E-state index contributed by atoms with van der Waals surface area (Å²) in [6.07, 6.45) is 3.50. The molecule has 132 valence electrons. The Morgan fingerprint density at radius 1 is 1.08 bits per heavy atom. The van der Waals surface area contributed by atoms with E-state index in [2.05, 4.69) is 27.7 Å². The highest BCUT2D eigenvalue weighted by molar-refractivity contribution is 6.62. The van der Waals surface area contributed by atoms with Gasteiger partial charge in [-0.1, -0.05) is 33.8 Å². The minimum Gasteiger partial charge on any atom is -0.465 e. The van der Waals surface area contributed by atoms with Crippen LogP contribution in [0.5, 0.6) is 0 Å². The first kappa shape index (κ1) is 18.8. The number of methoxy groups -OCH3 is 1. The fourth-order valence-corrected chi connectivity index (χ4v) is 3.91. The molecule has 5 nitrogen and oxygen atoms in total. The topological polar surface area (TPSA) is 70.8 Å². The van der Waals surface area contributed by atoms with Crippen molar-refractivity contribution in [1.29, 1.82) is 0 Å². The Labute approximate surface area is 145 Å². The van der Waals surface area contributed by atoms with Gasteiger partial charge < -0.3 is 19.8 Å². The van der Waals surface area contributed by atoms with Crippen LogP contribution in [0.15, 0.2) is 18.2 Å². The fraction of sp³-hybridized carbons (Fsp3) is 0.611. The van der Waals surface area contributed by atoms with Gasteiger partial charge in [0.15, 0.2) is 0 Å². The number of benzene rings is 1. The van der Waals surface area contributed by atoms with E-state index in [0.29, 0.717) is 11.3 Å². The second-order valence-corrected chi connectivity index (χ2v) is 6.31. The minimum atomic E-state index is -0.506. The Kier molecular flexibility index (Phi) is 5.61. The van der Waals surface area contributed by atoms with Gasteiger partial charge in [-0.05, 0) is 43.3 Å². The van der Waals surface area contributed by atoms with Crippen molar-refractivity contribution in [2.24, 2.45) is 0 Å². The smallest absolute Gasteiger partial charge is 0.465 e. The zero-order valence-corrected chi connectivity index (χ0v) is 15.3. The van der Waals surface area contributed by atoms with Gasteiger partial charge in [0.2, 0.25) is 0 Å². The van der Waals surface area contributed by atoms with Gasteiger partial charge in [-0.2, -0.15) is 0 Å². The van der Waals surface area contributed by atoms with Crippen LogP contribution in [0.25, 0.3) is 0 Å². The highest BCUT2D eigenvalue weighted by atomic mass is 16.7. The van der Waals surface area contributed by atoms with Crippen molar-refractivity contribution in [3.05, 3.63) is 23.8 Å². The van der Waals surface area contributed by atoms with Crippen LogP contribution in [-0.2, 0) is 14.0 Å². The molecule has 1 aromatic rings. The van der Waals surface area contributed by atoms with Gasteiger partial charge in [0.1, 0.15) is 0 Å². The summed E-state index contributed by atoms with van der Waals surface area (Å²) in [6, 6.07) is 5.26. The lowest BCUT2D eigenvalue weighted by Gasteiger charge is -2.42. The molecule has 0 bridgehead atoms. The van der Waals surface area contributed by atoms with Crippen molar-refractivity contribution in [1.82, 2.24) is 0 Å². The molecule has 24 heavy (non-hydrogen) atoms. The summed E-state index contributed by atoms with van der Waals surface area (Å²) in [6.45, 7) is 8.55. The van der Waals surface area contributed by atoms with E-state index in [1.807, 2.05) is 6.07 Å². The second kappa shape index (κ2) is 7.15. The molecule has 6 heteroatoms. The SMILES string of the molecule is CCC1(CC)OB(c2ccc(N)c(C(=O)OC)c2)OC1(CC)CC. The largest absolute Gasteiger partial charge is 0.494 e. The molecule has 1 fully saturated rings. The lowest BCUT2D eigenvalue weighted by Crippen LogP contribution is -2.50. The quantitative estimate of drug-likeness (QED) is 0.492. The van der Waals surface area contributed by atoms with E-state index >= 15 is 0 Å². The molecule has 1 aliphatic heterocycles. The number of nitrogens with two attached hydrogens (primary N) is 1. The molecule has 2 rings (SSSR count). The van der Waals surface area contributed by atoms with Crippen molar-refractivity contribution >= 4 is 24.2 Å². The highest BCUT2D eigenvalue weighted by Crippen LogP contribution is 2.46. The molecule has 1 aromatic carbocycles. The number of hydrogen-bond donors (Lipinski definition) is 1. The summed E-state index contributed by atoms with van der Waals surface area (Å²) >= 11 is 0. The number of nitrogen functional groups attached to an aromatic ring is 1. The van der Waals surface area contributed by atoms with Crippen molar-refractivity contribution in [3.63, 3.8) is 0 Å². The van der Waals surface area contributed by atoms with Crippen molar-refractivity contribution in [2.45, 2.75) is 64.6 Å². The molecule has 1 heterocycles. The summed E-state index contributed by atoms with van der Waals surface area (Å²) in [5.74, 6) is -0.457. The Hall–Kier alpha value is -1.53. The van der Waals surface area contributed by atoms with E-state index < -0.39 is 13.1 Å². The van der Waals surface area contributed by atoms with Crippen molar-refractivity contribution in [2.75, 3.05) is 12.8 Å². The van der Waals surface area contributed by atoms with E-state index in [9.17, 15) is 4.79 Å². The fourth-order valence-electron chi connectivity index (χ4n) is 3.91. The number of anilines is 1. The minimum absolute atomic E-state index is 0.325. The monoisotopic (exact) mass is 333 g/mol. The summed E-state index contributed by atoms with van der Waals surface area (Å²) in [7, 11) is 0.837. The van der Waals surface area contributed by atoms with Gasteiger partial charge in [0.05, 0.1) is 23.9 Å². The molecule has 0 aromatic heterocycles. The molecule has 0 amide bonds. The molecule has 1 aliphatic rings. The van der Waals surface area contributed by atoms with E-state index in [-0.39, 0.29) is 11.2 Å². The average molecular weight is 333 g/mol. The molecular weight excluding hydrogens is 305 g/mol. The highest BCUT2D eigenvalue weighted by Gasteiger charge is 2.58. The Morgan fingerprint density at radius 3 is 2.00 bits per heavy atom. The molecule has 0 aliphatic carbocycles. The molecule has 1 saturated heterocycles. The Bertz CT molecular complexity index is 577. The third kappa shape index (κ3) is 2.82. The number of esters is 1. The van der Waals surface area contributed by atoms with E-state index in [1.165, 1.54) is 7.11 Å². The normalized spacial score (nSPS) is 18.6. The molecule has 0 radical (unpaired) electrons. The maximum atomic E-state index is 11.9. The lowest BCUT2D eigenvalue weighted by atomic mass is 9.75. The Morgan fingerprint density at radius 2 is 1.58 bits per heavy atom. The second-order valence-electron chi connectivity index (χ2n) is 6.31. The van der Waals surface area contributed by atoms with Gasteiger partial charge in [0, 0.05) is 5.69 Å². The van der Waals surface area contributed by atoms with Gasteiger partial charge in [0.25, 0.3) is 0 Å². The van der Waals surface area contributed by atoms with Gasteiger partial charge >= 0.3 is 13.1 Å². The molecule has 0 atom stereocenters. The molecule has 0 unspecified atom stereocenters. The number of carbonyl (C=O) groups excluding carboxylic acids is 1. The van der Waals surface area contributed by atoms with E-state index in [4.69, 9.17) is 19.8 Å². The van der Waals surface area contributed by atoms with Crippen LogP contribution in [0.3, 0.4) is 0 Å². The Balaban J connectivity index is 2.43. The first-order valence-electron chi connectivity index (χ1n) is 8.75. The van der Waals surface area contributed by atoms with Crippen LogP contribution in [-0.4, -0.2) is 31.4 Å². The van der Waals surface area contributed by atoms with Crippen LogP contribution in [0.1, 0.15) is 63.7 Å². The van der Waals surface area contributed by atoms with Crippen molar-refractivity contribution < 1.29 is 18.8 Å². The summed E-state index contributed by atoms with van der Waals surface area (Å²) < 4.78 is 17.6. The van der Waals surface area contributed by atoms with Crippen LogP contribution in [0.2, 0.25) is 0 Å². The average Bonchev–Trinajstić information content (AvgIpc) is 2.96. The first-order valence-corrected chi connectivity index (χ1v) is 8.75. The van der Waals surface area contributed by atoms with Crippen LogP contribution in [0.4, 0.5) is 5.69 Å². The molecule has 0 saturated carbocycles. The van der Waals surface area contributed by atoms with Crippen LogP contribution in [0, 0.1) is 0 Å². The van der Waals surface area contributed by atoms with Gasteiger partial charge in [-0.3, -0.25) is 0 Å². The third-order valence-corrected chi connectivity index (χ3v) is 5.53. The van der Waals surface area contributed by atoms with Gasteiger partial charge in [-0.15, -0.1) is 0 Å². The maximum Gasteiger partial charge on any atom is 0.494 e. The van der Waals surface area contributed by atoms with Crippen LogP contribution < -0.4 is 11.2 Å². The van der Waals surface area contributed by atoms with Crippen molar-refractivity contribution in [3.8, 4) is 0 Å². The zero-order chi connectivity index (χ0) is 18.0. The molecule has 2 N–H and O–H groups in total. The number of carbonyl (C=O) groups is 1. The third-order valence-electron chi connectivity index (χ3n) is 5.53. The van der Waals surface area contributed by atoms with Gasteiger partial charge in [-0.25, -0.2) is 4.79 Å². The summed E-state index contributed by atoms with van der Waals surface area (Å²) in [5, 5.41) is 0. The van der Waals surface area contributed by atoms with E-state index in [0.717, 1.165) is 31.1 Å². The lowest BCUT2D eigenvalue weighted by molar-refractivity contribution is -0.0601. The number of hydrogen-bond acceptors (Lipinski definition) is 5.